The first-order valence-electron chi connectivity index (χ1n) is 6.92. The zero-order chi connectivity index (χ0) is 14.4. The molecule has 2 amide bonds. The molecule has 0 aromatic carbocycles. The number of carbonyl (C=O) groups excluding carboxylic acids is 1. The Bertz CT molecular complexity index is 312. The van der Waals surface area contributed by atoms with Crippen molar-refractivity contribution < 1.29 is 14.7 Å². The van der Waals surface area contributed by atoms with Crippen LogP contribution in [0.25, 0.3) is 0 Å². The van der Waals surface area contributed by atoms with E-state index in [1.54, 1.807) is 0 Å². The lowest BCUT2D eigenvalue weighted by Crippen LogP contribution is -2.54. The van der Waals surface area contributed by atoms with Crippen LogP contribution in [0.15, 0.2) is 0 Å². The van der Waals surface area contributed by atoms with Crippen molar-refractivity contribution in [3.63, 3.8) is 0 Å². The summed E-state index contributed by atoms with van der Waals surface area (Å²) in [7, 11) is 0. The number of nitrogens with zero attached hydrogens (tertiary/aromatic N) is 3. The molecule has 0 bridgehead atoms. The molecule has 0 unspecified atom stereocenters. The van der Waals surface area contributed by atoms with E-state index in [1.165, 1.54) is 0 Å². The minimum Gasteiger partial charge on any atom is -0.480 e. The van der Waals surface area contributed by atoms with Gasteiger partial charge < -0.3 is 14.9 Å². The van der Waals surface area contributed by atoms with E-state index in [0.717, 1.165) is 6.54 Å². The summed E-state index contributed by atoms with van der Waals surface area (Å²) in [5.74, 6) is -0.355. The number of hydrogen-bond donors (Lipinski definition) is 1. The van der Waals surface area contributed by atoms with Gasteiger partial charge in [0.25, 0.3) is 0 Å². The lowest BCUT2D eigenvalue weighted by atomic mass is 10.2. The average Bonchev–Trinajstić information content (AvgIpc) is 2.35. The molecule has 1 saturated heterocycles. The van der Waals surface area contributed by atoms with E-state index in [-0.39, 0.29) is 12.6 Å². The largest absolute Gasteiger partial charge is 0.480 e. The lowest BCUT2D eigenvalue weighted by molar-refractivity contribution is -0.138. The summed E-state index contributed by atoms with van der Waals surface area (Å²) in [4.78, 5) is 28.5. The summed E-state index contributed by atoms with van der Waals surface area (Å²) < 4.78 is 0. The van der Waals surface area contributed by atoms with Gasteiger partial charge in [0.2, 0.25) is 0 Å². The second-order valence-electron chi connectivity index (χ2n) is 5.37. The van der Waals surface area contributed by atoms with Gasteiger partial charge in [-0.15, -0.1) is 0 Å². The fourth-order valence-electron chi connectivity index (χ4n) is 2.27. The summed E-state index contributed by atoms with van der Waals surface area (Å²) in [6.45, 7) is 10.2. The van der Waals surface area contributed by atoms with Gasteiger partial charge in [0.15, 0.2) is 0 Å². The van der Waals surface area contributed by atoms with Gasteiger partial charge in [0.1, 0.15) is 0 Å². The van der Waals surface area contributed by atoms with Crippen LogP contribution in [0.4, 0.5) is 4.79 Å². The molecule has 0 atom stereocenters. The van der Waals surface area contributed by atoms with Crippen molar-refractivity contribution in [1.29, 1.82) is 0 Å². The number of aliphatic carboxylic acids is 1. The fourth-order valence-corrected chi connectivity index (χ4v) is 2.27. The van der Waals surface area contributed by atoms with Crippen molar-refractivity contribution in [1.82, 2.24) is 14.7 Å². The Kier molecular flexibility index (Phi) is 6.08. The van der Waals surface area contributed by atoms with Crippen LogP contribution >= 0.6 is 0 Å². The summed E-state index contributed by atoms with van der Waals surface area (Å²) in [6.07, 6.45) is 0. The minimum atomic E-state index is -0.810. The molecule has 1 aliphatic heterocycles. The fraction of sp³-hybridized carbons (Fsp3) is 0.846. The van der Waals surface area contributed by atoms with E-state index >= 15 is 0 Å². The van der Waals surface area contributed by atoms with Crippen LogP contribution in [-0.4, -0.2) is 77.6 Å². The first-order chi connectivity index (χ1) is 8.93. The monoisotopic (exact) mass is 271 g/mol. The molecule has 0 aliphatic carbocycles. The number of carboxylic acid groups (broad SMARTS) is 1. The van der Waals surface area contributed by atoms with Crippen LogP contribution in [0.2, 0.25) is 0 Å². The van der Waals surface area contributed by atoms with E-state index < -0.39 is 5.97 Å². The number of urea groups is 1. The maximum atomic E-state index is 12.3. The molecule has 1 heterocycles. The van der Waals surface area contributed by atoms with Gasteiger partial charge in [-0.2, -0.15) is 0 Å². The smallest absolute Gasteiger partial charge is 0.320 e. The Morgan fingerprint density at radius 3 is 2.21 bits per heavy atom. The Hall–Kier alpha value is -1.30. The SMILES string of the molecule is CCN(CC(C)C)C(=O)N1CCN(CC(=O)O)CC1. The van der Waals surface area contributed by atoms with E-state index in [4.69, 9.17) is 5.11 Å². The van der Waals surface area contributed by atoms with Gasteiger partial charge in [-0.3, -0.25) is 9.69 Å². The van der Waals surface area contributed by atoms with E-state index in [0.29, 0.717) is 38.6 Å². The molecule has 6 nitrogen and oxygen atoms in total. The third kappa shape index (κ3) is 5.06. The van der Waals surface area contributed by atoms with Crippen LogP contribution in [0, 0.1) is 5.92 Å². The van der Waals surface area contributed by atoms with Crippen molar-refractivity contribution in [2.45, 2.75) is 20.8 Å². The number of amides is 2. The van der Waals surface area contributed by atoms with Crippen LogP contribution in [0.5, 0.6) is 0 Å². The summed E-state index contributed by atoms with van der Waals surface area (Å²) >= 11 is 0. The molecule has 1 fully saturated rings. The lowest BCUT2D eigenvalue weighted by Gasteiger charge is -2.37. The van der Waals surface area contributed by atoms with Crippen molar-refractivity contribution in [3.8, 4) is 0 Å². The highest BCUT2D eigenvalue weighted by Gasteiger charge is 2.25. The highest BCUT2D eigenvalue weighted by molar-refractivity contribution is 5.74. The number of carbonyl (C=O) groups is 2. The molecular formula is C13H25N3O3. The molecule has 1 N–H and O–H groups in total. The first-order valence-corrected chi connectivity index (χ1v) is 6.92. The molecule has 0 spiro atoms. The standard InChI is InChI=1S/C13H25N3O3/c1-4-15(9-11(2)3)13(19)16-7-5-14(6-8-16)10-12(17)18/h11H,4-10H2,1-3H3,(H,17,18). The van der Waals surface area contributed by atoms with Crippen molar-refractivity contribution in [2.75, 3.05) is 45.8 Å². The van der Waals surface area contributed by atoms with Gasteiger partial charge >= 0.3 is 12.0 Å². The minimum absolute atomic E-state index is 0.0610. The van der Waals surface area contributed by atoms with Crippen LogP contribution in [-0.2, 0) is 4.79 Å². The highest BCUT2D eigenvalue weighted by atomic mass is 16.4. The van der Waals surface area contributed by atoms with E-state index in [9.17, 15) is 9.59 Å². The first kappa shape index (κ1) is 15.8. The quantitative estimate of drug-likeness (QED) is 0.803. The molecule has 1 rings (SSSR count). The zero-order valence-electron chi connectivity index (χ0n) is 12.1. The molecule has 0 radical (unpaired) electrons. The Morgan fingerprint density at radius 2 is 1.79 bits per heavy atom. The number of rotatable bonds is 5. The molecule has 1 aliphatic rings. The highest BCUT2D eigenvalue weighted by Crippen LogP contribution is 2.08. The second-order valence-corrected chi connectivity index (χ2v) is 5.37. The number of carboxylic acids is 1. The maximum Gasteiger partial charge on any atom is 0.320 e. The van der Waals surface area contributed by atoms with Crippen molar-refractivity contribution in [3.05, 3.63) is 0 Å². The van der Waals surface area contributed by atoms with E-state index in [2.05, 4.69) is 13.8 Å². The molecule has 110 valence electrons. The Balaban J connectivity index is 2.45. The molecule has 6 heteroatoms. The van der Waals surface area contributed by atoms with Gasteiger partial charge in [-0.25, -0.2) is 4.79 Å². The second kappa shape index (κ2) is 7.33. The van der Waals surface area contributed by atoms with Crippen LogP contribution in [0.3, 0.4) is 0 Å². The third-order valence-corrected chi connectivity index (χ3v) is 3.24. The third-order valence-electron chi connectivity index (χ3n) is 3.24. The van der Waals surface area contributed by atoms with Crippen LogP contribution in [0.1, 0.15) is 20.8 Å². The predicted molar refractivity (Wildman–Crippen MR) is 73.1 cm³/mol. The predicted octanol–water partition coefficient (Wildman–Crippen LogP) is 0.786. The number of hydrogen-bond acceptors (Lipinski definition) is 3. The zero-order valence-corrected chi connectivity index (χ0v) is 12.1. The normalized spacial score (nSPS) is 16.7. The molecule has 0 aromatic heterocycles. The molecule has 0 saturated carbocycles. The Labute approximate surface area is 115 Å². The molecule has 19 heavy (non-hydrogen) atoms. The summed E-state index contributed by atoms with van der Waals surface area (Å²) in [6, 6.07) is 0.0752. The number of piperazine rings is 1. The van der Waals surface area contributed by atoms with E-state index in [1.807, 2.05) is 21.6 Å². The van der Waals surface area contributed by atoms with Gasteiger partial charge in [-0.1, -0.05) is 13.8 Å². The maximum absolute atomic E-state index is 12.3. The van der Waals surface area contributed by atoms with Crippen molar-refractivity contribution in [2.24, 2.45) is 5.92 Å². The van der Waals surface area contributed by atoms with Gasteiger partial charge in [-0.05, 0) is 12.8 Å². The van der Waals surface area contributed by atoms with Crippen molar-refractivity contribution >= 4 is 12.0 Å². The average molecular weight is 271 g/mol. The summed E-state index contributed by atoms with van der Waals surface area (Å²) in [5.41, 5.74) is 0. The molecule has 0 aromatic rings. The topological polar surface area (TPSA) is 64.1 Å². The van der Waals surface area contributed by atoms with Crippen LogP contribution < -0.4 is 0 Å². The summed E-state index contributed by atoms with van der Waals surface area (Å²) in [5, 5.41) is 8.74. The van der Waals surface area contributed by atoms with Gasteiger partial charge in [0.05, 0.1) is 6.54 Å². The molecular weight excluding hydrogens is 246 g/mol. The Morgan fingerprint density at radius 1 is 1.21 bits per heavy atom. The van der Waals surface area contributed by atoms with Gasteiger partial charge in [0, 0.05) is 39.3 Å².